The van der Waals surface area contributed by atoms with Gasteiger partial charge in [-0.3, -0.25) is 9.59 Å². The number of benzene rings is 2. The minimum Gasteiger partial charge on any atom is -0.504 e. The smallest absolute Gasteiger partial charge is 0.258 e. The fraction of sp³-hybridized carbons (Fsp3) is 0.182. The van der Waals surface area contributed by atoms with Gasteiger partial charge in [-0.2, -0.15) is 0 Å². The fourth-order valence-corrected chi connectivity index (χ4v) is 3.07. The monoisotopic (exact) mass is 410 g/mol. The molecule has 2 aromatic heterocycles. The highest BCUT2D eigenvalue weighted by molar-refractivity contribution is 5.89. The van der Waals surface area contributed by atoms with E-state index in [0.29, 0.717) is 27.7 Å². The van der Waals surface area contributed by atoms with E-state index < -0.39 is 0 Å². The van der Waals surface area contributed by atoms with Crippen LogP contribution in [0, 0.1) is 0 Å². The molecule has 4 aromatic rings. The second kappa shape index (κ2) is 8.20. The van der Waals surface area contributed by atoms with Crippen molar-refractivity contribution in [1.29, 1.82) is 0 Å². The van der Waals surface area contributed by atoms with Crippen LogP contribution in [0.15, 0.2) is 58.4 Å². The van der Waals surface area contributed by atoms with Crippen molar-refractivity contribution in [2.45, 2.75) is 0 Å². The summed E-state index contributed by atoms with van der Waals surface area (Å²) in [4.78, 5) is 23.4. The average Bonchev–Trinajstić information content (AvgIpc) is 2.74. The van der Waals surface area contributed by atoms with Crippen LogP contribution in [0.25, 0.3) is 21.5 Å². The minimum absolute atomic E-state index is 0.00713. The quantitative estimate of drug-likeness (QED) is 0.526. The number of ether oxygens (including phenoxy) is 2. The van der Waals surface area contributed by atoms with Gasteiger partial charge in [0.25, 0.3) is 11.1 Å². The molecule has 0 unspecified atom stereocenters. The standard InChI is InChI=1S/2C11H11NO3/c1-12-4-3-7-5-10(15-2)9(13)6-8(7)11(12)14;1-12-6-5-7-8(11(12)14)3-4-9(15-2)10(7)13/h2*3-6,13H,1-2H3. The lowest BCUT2D eigenvalue weighted by Crippen LogP contribution is -2.15. The Bertz CT molecular complexity index is 1330. The lowest BCUT2D eigenvalue weighted by atomic mass is 10.1. The summed E-state index contributed by atoms with van der Waals surface area (Å²) in [5.41, 5.74) is -0.268. The third-order valence-electron chi connectivity index (χ3n) is 4.80. The predicted octanol–water partition coefficient (Wildman–Crippen LogP) is 2.51. The lowest BCUT2D eigenvalue weighted by molar-refractivity contribution is 0.374. The maximum absolute atomic E-state index is 11.7. The van der Waals surface area contributed by atoms with Crippen LogP contribution < -0.4 is 20.6 Å². The summed E-state index contributed by atoms with van der Waals surface area (Å²) in [5, 5.41) is 21.6. The van der Waals surface area contributed by atoms with E-state index >= 15 is 0 Å². The Morgan fingerprint density at radius 3 is 1.97 bits per heavy atom. The Kier molecular flexibility index (Phi) is 5.68. The Balaban J connectivity index is 0.000000171. The first-order valence-electron chi connectivity index (χ1n) is 9.00. The summed E-state index contributed by atoms with van der Waals surface area (Å²) in [6, 6.07) is 9.80. The number of aromatic hydroxyl groups is 2. The molecule has 0 saturated heterocycles. The van der Waals surface area contributed by atoms with Crippen molar-refractivity contribution in [3.8, 4) is 23.0 Å². The van der Waals surface area contributed by atoms with E-state index in [1.807, 2.05) is 0 Å². The van der Waals surface area contributed by atoms with Gasteiger partial charge in [-0.1, -0.05) is 0 Å². The summed E-state index contributed by atoms with van der Waals surface area (Å²) in [6.07, 6.45) is 3.30. The molecule has 0 aliphatic heterocycles. The number of phenols is 2. The van der Waals surface area contributed by atoms with Gasteiger partial charge in [0.2, 0.25) is 0 Å². The number of nitrogens with zero attached hydrogens (tertiary/aromatic N) is 2. The zero-order valence-electron chi connectivity index (χ0n) is 17.0. The fourth-order valence-electron chi connectivity index (χ4n) is 3.07. The summed E-state index contributed by atoms with van der Waals surface area (Å²) in [7, 11) is 6.29. The van der Waals surface area contributed by atoms with Crippen LogP contribution in [0.3, 0.4) is 0 Å². The summed E-state index contributed by atoms with van der Waals surface area (Å²) in [5.74, 6) is 0.729. The van der Waals surface area contributed by atoms with Gasteiger partial charge in [-0.15, -0.1) is 0 Å². The predicted molar refractivity (Wildman–Crippen MR) is 115 cm³/mol. The van der Waals surface area contributed by atoms with E-state index in [9.17, 15) is 19.8 Å². The first-order chi connectivity index (χ1) is 14.3. The molecule has 2 aromatic carbocycles. The van der Waals surface area contributed by atoms with Crippen molar-refractivity contribution < 1.29 is 19.7 Å². The van der Waals surface area contributed by atoms with Crippen molar-refractivity contribution in [3.63, 3.8) is 0 Å². The van der Waals surface area contributed by atoms with Crippen LogP contribution >= 0.6 is 0 Å². The molecular formula is C22H22N2O6. The highest BCUT2D eigenvalue weighted by Gasteiger charge is 2.09. The molecule has 0 aliphatic carbocycles. The SMILES string of the molecule is COc1cc2ccn(C)c(=O)c2cc1O.COc1ccc2c(=O)n(C)ccc2c1O. The van der Waals surface area contributed by atoms with Gasteiger partial charge in [0.1, 0.15) is 0 Å². The molecule has 2 N–H and O–H groups in total. The molecule has 156 valence electrons. The first-order valence-corrected chi connectivity index (χ1v) is 9.00. The van der Waals surface area contributed by atoms with Gasteiger partial charge >= 0.3 is 0 Å². The van der Waals surface area contributed by atoms with Crippen LogP contribution in [0.1, 0.15) is 0 Å². The van der Waals surface area contributed by atoms with Gasteiger partial charge < -0.3 is 28.8 Å². The Morgan fingerprint density at radius 2 is 1.33 bits per heavy atom. The Hall–Kier alpha value is -3.94. The zero-order chi connectivity index (χ0) is 22.0. The number of aromatic nitrogens is 2. The van der Waals surface area contributed by atoms with Crippen molar-refractivity contribution >= 4 is 21.5 Å². The second-order valence-corrected chi connectivity index (χ2v) is 6.65. The number of hydrogen-bond acceptors (Lipinski definition) is 6. The largest absolute Gasteiger partial charge is 0.504 e. The molecule has 2 heterocycles. The molecule has 0 saturated carbocycles. The van der Waals surface area contributed by atoms with E-state index in [-0.39, 0.29) is 22.6 Å². The molecule has 0 radical (unpaired) electrons. The third kappa shape index (κ3) is 3.67. The first kappa shape index (κ1) is 20.8. The molecular weight excluding hydrogens is 388 g/mol. The van der Waals surface area contributed by atoms with Crippen molar-refractivity contribution in [2.24, 2.45) is 14.1 Å². The number of aryl methyl sites for hydroxylation is 2. The van der Waals surface area contributed by atoms with Crippen molar-refractivity contribution in [2.75, 3.05) is 14.2 Å². The van der Waals surface area contributed by atoms with Crippen LogP contribution in [0.5, 0.6) is 23.0 Å². The van der Waals surface area contributed by atoms with Gasteiger partial charge in [0.15, 0.2) is 23.0 Å². The van der Waals surface area contributed by atoms with Gasteiger partial charge in [0.05, 0.1) is 25.0 Å². The number of fused-ring (bicyclic) bond motifs is 2. The van der Waals surface area contributed by atoms with Crippen LogP contribution in [0.4, 0.5) is 0 Å². The van der Waals surface area contributed by atoms with Crippen LogP contribution in [-0.4, -0.2) is 33.6 Å². The Labute approximate surface area is 171 Å². The van der Waals surface area contributed by atoms with Gasteiger partial charge in [-0.05, 0) is 41.8 Å². The van der Waals surface area contributed by atoms with E-state index in [2.05, 4.69) is 0 Å². The molecule has 0 bridgehead atoms. The van der Waals surface area contributed by atoms with Gasteiger partial charge in [-0.25, -0.2) is 0 Å². The highest BCUT2D eigenvalue weighted by Crippen LogP contribution is 2.32. The van der Waals surface area contributed by atoms with Crippen molar-refractivity contribution in [1.82, 2.24) is 9.13 Å². The van der Waals surface area contributed by atoms with E-state index in [0.717, 1.165) is 5.39 Å². The Morgan fingerprint density at radius 1 is 0.733 bits per heavy atom. The molecule has 0 amide bonds. The summed E-state index contributed by atoms with van der Waals surface area (Å²) in [6.45, 7) is 0. The average molecular weight is 410 g/mol. The molecule has 8 nitrogen and oxygen atoms in total. The molecule has 0 aliphatic rings. The number of methoxy groups -OCH3 is 2. The molecule has 0 spiro atoms. The van der Waals surface area contributed by atoms with E-state index in [1.54, 1.807) is 56.8 Å². The van der Waals surface area contributed by atoms with Crippen LogP contribution in [0.2, 0.25) is 0 Å². The molecule has 30 heavy (non-hydrogen) atoms. The van der Waals surface area contributed by atoms with E-state index in [1.165, 1.54) is 29.4 Å². The minimum atomic E-state index is -0.134. The number of rotatable bonds is 2. The highest BCUT2D eigenvalue weighted by atomic mass is 16.5. The molecule has 0 atom stereocenters. The van der Waals surface area contributed by atoms with Crippen LogP contribution in [-0.2, 0) is 14.1 Å². The number of phenolic OH excluding ortho intramolecular Hbond substituents is 2. The maximum atomic E-state index is 11.7. The molecule has 8 heteroatoms. The lowest BCUT2D eigenvalue weighted by Gasteiger charge is -2.07. The normalized spacial score (nSPS) is 10.5. The topological polar surface area (TPSA) is 103 Å². The second-order valence-electron chi connectivity index (χ2n) is 6.65. The van der Waals surface area contributed by atoms with E-state index in [4.69, 9.17) is 9.47 Å². The number of pyridine rings is 2. The zero-order valence-corrected chi connectivity index (χ0v) is 17.0. The maximum Gasteiger partial charge on any atom is 0.258 e. The number of hydrogen-bond donors (Lipinski definition) is 2. The summed E-state index contributed by atoms with van der Waals surface area (Å²) < 4.78 is 12.9. The van der Waals surface area contributed by atoms with Gasteiger partial charge in [0, 0.05) is 31.9 Å². The third-order valence-corrected chi connectivity index (χ3v) is 4.80. The van der Waals surface area contributed by atoms with Crippen molar-refractivity contribution in [3.05, 3.63) is 69.5 Å². The summed E-state index contributed by atoms with van der Waals surface area (Å²) >= 11 is 0. The molecule has 4 rings (SSSR count). The molecule has 0 fully saturated rings.